The van der Waals surface area contributed by atoms with Gasteiger partial charge in [-0.2, -0.15) is 0 Å². The van der Waals surface area contributed by atoms with E-state index in [1.165, 1.54) is 16.3 Å². The highest BCUT2D eigenvalue weighted by Crippen LogP contribution is 2.33. The monoisotopic (exact) mass is 343 g/mol. The lowest BCUT2D eigenvalue weighted by Gasteiger charge is -2.10. The molecule has 0 bridgehead atoms. The van der Waals surface area contributed by atoms with E-state index in [0.29, 0.717) is 17.4 Å². The molecule has 0 saturated carbocycles. The minimum Gasteiger partial charge on any atom is -0.0622 e. The van der Waals surface area contributed by atoms with Crippen molar-refractivity contribution < 1.29 is 4.21 Å². The van der Waals surface area contributed by atoms with Crippen LogP contribution in [-0.2, 0) is 21.6 Å². The summed E-state index contributed by atoms with van der Waals surface area (Å²) < 4.78 is 12.0. The Morgan fingerprint density at radius 2 is 1.75 bits per heavy atom. The number of benzene rings is 3. The van der Waals surface area contributed by atoms with Crippen molar-refractivity contribution in [3.63, 3.8) is 0 Å². The third kappa shape index (κ3) is 2.51. The molecule has 0 radical (unpaired) electrons. The average molecular weight is 344 g/mol. The summed E-state index contributed by atoms with van der Waals surface area (Å²) in [5, 5.41) is 2.36. The fraction of sp³-hybridized carbons (Fsp3) is 0.0588. The van der Waals surface area contributed by atoms with Crippen LogP contribution < -0.4 is 0 Å². The summed E-state index contributed by atoms with van der Waals surface area (Å²) in [4.78, 5) is 0. The topological polar surface area (TPSA) is 17.1 Å². The molecule has 0 fully saturated rings. The van der Waals surface area contributed by atoms with Gasteiger partial charge in [0.2, 0.25) is 0 Å². The third-order valence-corrected chi connectivity index (χ3v) is 4.27. The lowest BCUT2D eigenvalue weighted by molar-refractivity contribution is 0.604. The zero-order valence-corrected chi connectivity index (χ0v) is 13.1. The molecule has 0 saturated heterocycles. The molecule has 0 aliphatic rings. The van der Waals surface area contributed by atoms with Crippen molar-refractivity contribution in [2.45, 2.75) is 5.75 Å². The molecule has 0 aromatic heterocycles. The maximum absolute atomic E-state index is 11.0. The maximum atomic E-state index is 11.0. The summed E-state index contributed by atoms with van der Waals surface area (Å²) in [6.07, 6.45) is 0. The van der Waals surface area contributed by atoms with Gasteiger partial charge in [-0.3, -0.25) is 0 Å². The summed E-state index contributed by atoms with van der Waals surface area (Å²) in [6, 6.07) is 20.7. The predicted octanol–water partition coefficient (Wildman–Crippen LogP) is 5.20. The van der Waals surface area contributed by atoms with Gasteiger partial charge in [-0.05, 0) is 34.0 Å². The van der Waals surface area contributed by atoms with Gasteiger partial charge in [-0.15, -0.1) is 0 Å². The van der Waals surface area contributed by atoms with E-state index in [4.69, 9.17) is 0 Å². The summed E-state index contributed by atoms with van der Waals surface area (Å²) in [5.74, 6) is 0.482. The second kappa shape index (κ2) is 5.81. The van der Waals surface area contributed by atoms with Crippen LogP contribution in [0.2, 0.25) is 0 Å². The van der Waals surface area contributed by atoms with Gasteiger partial charge >= 0.3 is 11.7 Å². The lowest BCUT2D eigenvalue weighted by Crippen LogP contribution is -1.91. The molecule has 20 heavy (non-hydrogen) atoms. The molecule has 3 aromatic rings. The molecule has 98 valence electrons. The van der Waals surface area contributed by atoms with Gasteiger partial charge in [-0.25, -0.2) is 0 Å². The smallest absolute Gasteiger partial charge is 0.0622 e. The quantitative estimate of drug-likeness (QED) is 0.597. The fourth-order valence-corrected chi connectivity index (χ4v) is 3.22. The maximum Gasteiger partial charge on any atom is 0.463 e. The van der Waals surface area contributed by atoms with E-state index in [1.807, 2.05) is 24.3 Å². The fourth-order valence-electron chi connectivity index (χ4n) is 2.48. The lowest BCUT2D eigenvalue weighted by atomic mass is 9.94. The minimum absolute atomic E-state index is 0.482. The first kappa shape index (κ1) is 13.4. The van der Waals surface area contributed by atoms with E-state index in [0.717, 1.165) is 15.6 Å². The Hall–Kier alpha value is -1.58. The predicted molar refractivity (Wildman–Crippen MR) is 88.8 cm³/mol. The Morgan fingerprint density at radius 1 is 0.950 bits per heavy atom. The van der Waals surface area contributed by atoms with E-state index in [9.17, 15) is 4.21 Å². The van der Waals surface area contributed by atoms with Crippen molar-refractivity contribution >= 4 is 38.4 Å². The summed E-state index contributed by atoms with van der Waals surface area (Å²) in [6.45, 7) is 0. The van der Waals surface area contributed by atoms with Crippen molar-refractivity contribution in [2.24, 2.45) is 0 Å². The molecule has 3 aromatic carbocycles. The minimum atomic E-state index is 0.482. The molecule has 0 aliphatic carbocycles. The van der Waals surface area contributed by atoms with Crippen molar-refractivity contribution in [3.8, 4) is 11.1 Å². The Bertz CT molecular complexity index is 769. The Balaban J connectivity index is 2.35. The summed E-state index contributed by atoms with van der Waals surface area (Å²) in [5.41, 5.74) is 3.41. The number of fused-ring (bicyclic) bond motifs is 1. The van der Waals surface area contributed by atoms with Crippen molar-refractivity contribution in [2.75, 3.05) is 0 Å². The van der Waals surface area contributed by atoms with E-state index in [1.54, 1.807) is 0 Å². The van der Waals surface area contributed by atoms with Crippen molar-refractivity contribution in [3.05, 3.63) is 70.7 Å². The highest BCUT2D eigenvalue weighted by molar-refractivity contribution is 9.10. The standard InChI is InChI=1S/C17H12BrOS/c18-15-8-9-16-13(10-15)6-7-14(11-20-19)17(16)12-4-2-1-3-5-12/h1-10H,11H2/q+1. The average Bonchev–Trinajstić information content (AvgIpc) is 2.48. The summed E-state index contributed by atoms with van der Waals surface area (Å²) in [7, 11) is 0. The molecule has 3 heteroatoms. The van der Waals surface area contributed by atoms with Crippen molar-refractivity contribution in [1.29, 1.82) is 0 Å². The van der Waals surface area contributed by atoms with E-state index < -0.39 is 0 Å². The molecule has 0 atom stereocenters. The first-order chi connectivity index (χ1) is 9.79. The van der Waals surface area contributed by atoms with Crippen LogP contribution in [0.1, 0.15) is 5.56 Å². The van der Waals surface area contributed by atoms with E-state index >= 15 is 0 Å². The van der Waals surface area contributed by atoms with Gasteiger partial charge in [-0.1, -0.05) is 64.5 Å². The van der Waals surface area contributed by atoms with Crippen LogP contribution >= 0.6 is 15.9 Å². The Morgan fingerprint density at radius 3 is 2.50 bits per heavy atom. The molecule has 1 nitrogen and oxygen atoms in total. The largest absolute Gasteiger partial charge is 0.463 e. The number of hydrogen-bond acceptors (Lipinski definition) is 1. The van der Waals surface area contributed by atoms with Crippen LogP contribution in [0.25, 0.3) is 21.9 Å². The number of halogens is 1. The van der Waals surface area contributed by atoms with Gasteiger partial charge in [0.25, 0.3) is 5.75 Å². The number of hydrogen-bond donors (Lipinski definition) is 0. The first-order valence-corrected chi connectivity index (χ1v) is 8.01. The van der Waals surface area contributed by atoms with Crippen LogP contribution in [0.3, 0.4) is 0 Å². The number of rotatable bonds is 3. The normalized spacial score (nSPS) is 10.7. The highest BCUT2D eigenvalue weighted by atomic mass is 79.9. The molecule has 0 amide bonds. The molecule has 0 N–H and O–H groups in total. The van der Waals surface area contributed by atoms with E-state index in [2.05, 4.69) is 52.3 Å². The zero-order chi connectivity index (χ0) is 13.9. The van der Waals surface area contributed by atoms with Crippen LogP contribution in [0.15, 0.2) is 65.1 Å². The molecule has 0 unspecified atom stereocenters. The molecule has 3 rings (SSSR count). The highest BCUT2D eigenvalue weighted by Gasteiger charge is 2.14. The first-order valence-electron chi connectivity index (χ1n) is 6.31. The SMILES string of the molecule is O=[S+]Cc1ccc2cc(Br)ccc2c1-c1ccccc1. The van der Waals surface area contributed by atoms with Crippen LogP contribution in [0.4, 0.5) is 0 Å². The Labute approximate surface area is 130 Å². The van der Waals surface area contributed by atoms with Crippen LogP contribution in [0.5, 0.6) is 0 Å². The third-order valence-electron chi connectivity index (χ3n) is 3.35. The molecule has 0 spiro atoms. The molecule has 0 heterocycles. The van der Waals surface area contributed by atoms with Gasteiger partial charge in [0.15, 0.2) is 0 Å². The van der Waals surface area contributed by atoms with E-state index in [-0.39, 0.29) is 0 Å². The van der Waals surface area contributed by atoms with Gasteiger partial charge < -0.3 is 0 Å². The van der Waals surface area contributed by atoms with Gasteiger partial charge in [0.05, 0.1) is 0 Å². The summed E-state index contributed by atoms with van der Waals surface area (Å²) >= 11 is 4.12. The second-order valence-corrected chi connectivity index (χ2v) is 6.03. The zero-order valence-electron chi connectivity index (χ0n) is 10.7. The van der Waals surface area contributed by atoms with Crippen LogP contribution in [0, 0.1) is 0 Å². The Kier molecular flexibility index (Phi) is 3.90. The second-order valence-electron chi connectivity index (χ2n) is 4.59. The van der Waals surface area contributed by atoms with Crippen molar-refractivity contribution in [1.82, 2.24) is 0 Å². The van der Waals surface area contributed by atoms with Gasteiger partial charge in [0.1, 0.15) is 0 Å². The van der Waals surface area contributed by atoms with Crippen LogP contribution in [-0.4, -0.2) is 0 Å². The molecular formula is C17H12BrOS+. The molecular weight excluding hydrogens is 332 g/mol. The molecule has 0 aliphatic heterocycles. The van der Waals surface area contributed by atoms with Gasteiger partial charge in [0, 0.05) is 14.2 Å².